The summed E-state index contributed by atoms with van der Waals surface area (Å²) >= 11 is 0. The Kier molecular flexibility index (Phi) is 5.08. The van der Waals surface area contributed by atoms with Gasteiger partial charge in [-0.2, -0.15) is 0 Å². The molecule has 1 aromatic rings. The summed E-state index contributed by atoms with van der Waals surface area (Å²) < 4.78 is 11.0. The molecule has 1 heterocycles. The molecule has 1 aliphatic rings. The average Bonchev–Trinajstić information content (AvgIpc) is 2.47. The van der Waals surface area contributed by atoms with Crippen LogP contribution in [0, 0.1) is 5.92 Å². The molecule has 0 radical (unpaired) electrons. The van der Waals surface area contributed by atoms with Gasteiger partial charge in [-0.15, -0.1) is 0 Å². The van der Waals surface area contributed by atoms with Gasteiger partial charge in [-0.25, -0.2) is 0 Å². The second kappa shape index (κ2) is 6.80. The van der Waals surface area contributed by atoms with Crippen LogP contribution in [0.15, 0.2) is 12.1 Å². The van der Waals surface area contributed by atoms with Gasteiger partial charge in [-0.3, -0.25) is 0 Å². The maximum Gasteiger partial charge on any atom is 0.164 e. The fourth-order valence-electron chi connectivity index (χ4n) is 2.96. The Morgan fingerprint density at radius 2 is 1.89 bits per heavy atom. The first-order valence-electron chi connectivity index (χ1n) is 7.23. The van der Waals surface area contributed by atoms with Crippen LogP contribution in [-0.4, -0.2) is 27.3 Å². The molecule has 2 rings (SSSR count). The molecule has 0 spiro atoms. The summed E-state index contributed by atoms with van der Waals surface area (Å²) in [6.07, 6.45) is 4.65. The number of hydrogen-bond donors (Lipinski definition) is 1. The molecule has 1 N–H and O–H groups in total. The van der Waals surface area contributed by atoms with Gasteiger partial charge in [-0.05, 0) is 56.3 Å². The molecule has 1 saturated heterocycles. The Balaban J connectivity index is 2.28. The van der Waals surface area contributed by atoms with Gasteiger partial charge < -0.3 is 14.8 Å². The molecular weight excluding hydrogens is 238 g/mol. The molecule has 3 nitrogen and oxygen atoms in total. The van der Waals surface area contributed by atoms with Crippen LogP contribution in [0.25, 0.3) is 0 Å². The molecule has 0 saturated carbocycles. The predicted molar refractivity (Wildman–Crippen MR) is 78.2 cm³/mol. The zero-order valence-corrected chi connectivity index (χ0v) is 12.3. The minimum Gasteiger partial charge on any atom is -0.493 e. The van der Waals surface area contributed by atoms with Crippen LogP contribution < -0.4 is 14.8 Å². The summed E-state index contributed by atoms with van der Waals surface area (Å²) in [5, 5.41) is 3.42. The minimum atomic E-state index is 0.757. The highest BCUT2D eigenvalue weighted by molar-refractivity contribution is 5.51. The smallest absolute Gasteiger partial charge is 0.164 e. The third-order valence-corrected chi connectivity index (χ3v) is 4.08. The van der Waals surface area contributed by atoms with Crippen molar-refractivity contribution >= 4 is 0 Å². The van der Waals surface area contributed by atoms with Crippen molar-refractivity contribution < 1.29 is 9.47 Å². The first-order chi connectivity index (χ1) is 9.30. The van der Waals surface area contributed by atoms with E-state index < -0.39 is 0 Å². The molecule has 3 heteroatoms. The van der Waals surface area contributed by atoms with Crippen molar-refractivity contribution in [1.29, 1.82) is 0 Å². The van der Waals surface area contributed by atoms with Crippen molar-refractivity contribution in [1.82, 2.24) is 5.32 Å². The fraction of sp³-hybridized carbons (Fsp3) is 0.625. The maximum absolute atomic E-state index is 5.61. The van der Waals surface area contributed by atoms with Crippen LogP contribution >= 0.6 is 0 Å². The van der Waals surface area contributed by atoms with Crippen molar-refractivity contribution in [3.63, 3.8) is 0 Å². The normalized spacial score (nSPS) is 16.4. The second-order valence-electron chi connectivity index (χ2n) is 5.19. The van der Waals surface area contributed by atoms with Gasteiger partial charge >= 0.3 is 0 Å². The van der Waals surface area contributed by atoms with E-state index in [1.165, 1.54) is 24.0 Å². The number of hydrogen-bond acceptors (Lipinski definition) is 3. The molecule has 106 valence electrons. The molecule has 1 aromatic carbocycles. The lowest BCUT2D eigenvalue weighted by Gasteiger charge is -2.25. The van der Waals surface area contributed by atoms with Crippen LogP contribution in [0.1, 0.15) is 30.9 Å². The lowest BCUT2D eigenvalue weighted by atomic mass is 9.88. The Morgan fingerprint density at radius 3 is 2.47 bits per heavy atom. The van der Waals surface area contributed by atoms with Gasteiger partial charge in [0.25, 0.3) is 0 Å². The Bertz CT molecular complexity index is 411. The van der Waals surface area contributed by atoms with Gasteiger partial charge in [0.15, 0.2) is 11.5 Å². The van der Waals surface area contributed by atoms with E-state index in [9.17, 15) is 0 Å². The summed E-state index contributed by atoms with van der Waals surface area (Å²) in [4.78, 5) is 0. The molecule has 19 heavy (non-hydrogen) atoms. The third-order valence-electron chi connectivity index (χ3n) is 4.08. The number of aryl methyl sites for hydroxylation is 1. The molecular formula is C16H25NO2. The molecule has 0 aromatic heterocycles. The van der Waals surface area contributed by atoms with Crippen LogP contribution in [0.5, 0.6) is 11.5 Å². The van der Waals surface area contributed by atoms with Crippen LogP contribution in [0.3, 0.4) is 0 Å². The van der Waals surface area contributed by atoms with E-state index >= 15 is 0 Å². The molecule has 0 unspecified atom stereocenters. The number of methoxy groups -OCH3 is 2. The Hall–Kier alpha value is -1.22. The molecule has 0 bridgehead atoms. The molecule has 0 amide bonds. The van der Waals surface area contributed by atoms with Crippen molar-refractivity contribution in [2.75, 3.05) is 27.3 Å². The average molecular weight is 263 g/mol. The topological polar surface area (TPSA) is 30.5 Å². The Morgan fingerprint density at radius 1 is 1.16 bits per heavy atom. The van der Waals surface area contributed by atoms with Crippen LogP contribution in [0.4, 0.5) is 0 Å². The van der Waals surface area contributed by atoms with E-state index in [2.05, 4.69) is 18.3 Å². The summed E-state index contributed by atoms with van der Waals surface area (Å²) in [7, 11) is 3.45. The van der Waals surface area contributed by atoms with Gasteiger partial charge in [-0.1, -0.05) is 13.0 Å². The Labute approximate surface area is 116 Å². The molecule has 0 aliphatic carbocycles. The summed E-state index contributed by atoms with van der Waals surface area (Å²) in [6, 6.07) is 4.20. The first kappa shape index (κ1) is 14.2. The lowest BCUT2D eigenvalue weighted by molar-refractivity contribution is 0.338. The van der Waals surface area contributed by atoms with Crippen LogP contribution in [-0.2, 0) is 12.8 Å². The van der Waals surface area contributed by atoms with E-state index in [0.717, 1.165) is 43.3 Å². The van der Waals surface area contributed by atoms with E-state index in [4.69, 9.17) is 9.47 Å². The number of ether oxygens (including phenoxy) is 2. The van der Waals surface area contributed by atoms with E-state index in [0.29, 0.717) is 0 Å². The summed E-state index contributed by atoms with van der Waals surface area (Å²) in [5.74, 6) is 2.54. The highest BCUT2D eigenvalue weighted by Gasteiger charge is 2.20. The third kappa shape index (κ3) is 3.21. The zero-order valence-electron chi connectivity index (χ0n) is 12.3. The number of benzene rings is 1. The van der Waals surface area contributed by atoms with Crippen LogP contribution in [0.2, 0.25) is 0 Å². The van der Waals surface area contributed by atoms with Crippen molar-refractivity contribution in [3.8, 4) is 11.5 Å². The molecule has 1 aliphatic heterocycles. The monoisotopic (exact) mass is 263 g/mol. The highest BCUT2D eigenvalue weighted by atomic mass is 16.5. The predicted octanol–water partition coefficient (Wildman–Crippen LogP) is 2.81. The molecule has 0 atom stereocenters. The van der Waals surface area contributed by atoms with E-state index in [1.54, 1.807) is 14.2 Å². The lowest BCUT2D eigenvalue weighted by Crippen LogP contribution is -2.29. The van der Waals surface area contributed by atoms with Gasteiger partial charge in [0.2, 0.25) is 0 Å². The second-order valence-corrected chi connectivity index (χ2v) is 5.19. The van der Waals surface area contributed by atoms with Crippen molar-refractivity contribution in [3.05, 3.63) is 23.3 Å². The molecule has 1 fully saturated rings. The summed E-state index contributed by atoms with van der Waals surface area (Å²) in [5.41, 5.74) is 2.73. The van der Waals surface area contributed by atoms with Crippen molar-refractivity contribution in [2.45, 2.75) is 32.6 Å². The summed E-state index contributed by atoms with van der Waals surface area (Å²) in [6.45, 7) is 4.48. The fourth-order valence-corrected chi connectivity index (χ4v) is 2.96. The minimum absolute atomic E-state index is 0.757. The number of rotatable bonds is 5. The number of nitrogens with one attached hydrogen (secondary N) is 1. The van der Waals surface area contributed by atoms with Gasteiger partial charge in [0, 0.05) is 5.56 Å². The standard InChI is InChI=1S/C16H25NO2/c1-4-13-5-6-15(18-2)16(19-3)14(13)11-12-7-9-17-10-8-12/h5-6,12,17H,4,7-11H2,1-3H3. The quantitative estimate of drug-likeness (QED) is 0.886. The maximum atomic E-state index is 5.61. The highest BCUT2D eigenvalue weighted by Crippen LogP contribution is 2.36. The zero-order chi connectivity index (χ0) is 13.7. The SMILES string of the molecule is CCc1ccc(OC)c(OC)c1CC1CCNCC1. The number of piperidine rings is 1. The van der Waals surface area contributed by atoms with E-state index in [-0.39, 0.29) is 0 Å². The largest absolute Gasteiger partial charge is 0.493 e. The van der Waals surface area contributed by atoms with E-state index in [1.807, 2.05) is 6.07 Å². The van der Waals surface area contributed by atoms with Gasteiger partial charge in [0.1, 0.15) is 0 Å². The van der Waals surface area contributed by atoms with Gasteiger partial charge in [0.05, 0.1) is 14.2 Å². The van der Waals surface area contributed by atoms with Crippen molar-refractivity contribution in [2.24, 2.45) is 5.92 Å². The first-order valence-corrected chi connectivity index (χ1v) is 7.23.